The van der Waals surface area contributed by atoms with Gasteiger partial charge in [0.15, 0.2) is 0 Å². The number of hydrogen-bond donors (Lipinski definition) is 0. The number of rotatable bonds is 4. The molecule has 1 heterocycles. The summed E-state index contributed by atoms with van der Waals surface area (Å²) in [6.45, 7) is 1.74. The maximum absolute atomic E-state index is 11.5. The number of hydrogen-bond acceptors (Lipinski definition) is 5. The van der Waals surface area contributed by atoms with Gasteiger partial charge in [0.25, 0.3) is 0 Å². The van der Waals surface area contributed by atoms with Crippen LogP contribution in [0.2, 0.25) is 0 Å². The largest absolute Gasteiger partial charge is 0.469 e. The molecule has 0 saturated carbocycles. The summed E-state index contributed by atoms with van der Waals surface area (Å²) in [6.07, 6.45) is 3.11. The summed E-state index contributed by atoms with van der Waals surface area (Å²) in [5.74, 6) is -0.325. The van der Waals surface area contributed by atoms with Crippen LogP contribution in [0.5, 0.6) is 0 Å². The van der Waals surface area contributed by atoms with Crippen LogP contribution in [-0.4, -0.2) is 35.7 Å². The molecule has 0 N–H and O–H groups in total. The predicted molar refractivity (Wildman–Crippen MR) is 54.7 cm³/mol. The minimum absolute atomic E-state index is 0.0691. The molecule has 0 aromatic carbocycles. The van der Waals surface area contributed by atoms with Crippen LogP contribution in [0.1, 0.15) is 18.3 Å². The highest BCUT2D eigenvalue weighted by atomic mass is 16.5. The van der Waals surface area contributed by atoms with Gasteiger partial charge < -0.3 is 14.0 Å². The third-order valence-corrected chi connectivity index (χ3v) is 2.26. The summed E-state index contributed by atoms with van der Waals surface area (Å²) in [5, 5.41) is 0. The summed E-state index contributed by atoms with van der Waals surface area (Å²) in [5.41, 5.74) is 0. The molecule has 1 rings (SSSR count). The third-order valence-electron chi connectivity index (χ3n) is 2.26. The van der Waals surface area contributed by atoms with E-state index in [-0.39, 0.29) is 6.42 Å². The minimum atomic E-state index is -0.722. The first kappa shape index (κ1) is 12.2. The van der Waals surface area contributed by atoms with Crippen molar-refractivity contribution in [2.45, 2.75) is 19.4 Å². The average Bonchev–Trinajstić information content (AvgIpc) is 2.70. The maximum Gasteiger partial charge on any atom is 0.329 e. The molecule has 0 aliphatic rings. The van der Waals surface area contributed by atoms with E-state index in [9.17, 15) is 9.59 Å². The van der Waals surface area contributed by atoms with Crippen molar-refractivity contribution in [3.63, 3.8) is 0 Å². The zero-order valence-corrected chi connectivity index (χ0v) is 9.47. The van der Waals surface area contributed by atoms with Gasteiger partial charge in [-0.3, -0.25) is 4.79 Å². The first-order valence-corrected chi connectivity index (χ1v) is 4.74. The highest BCUT2D eigenvalue weighted by Gasteiger charge is 2.25. The molecule has 0 fully saturated rings. The van der Waals surface area contributed by atoms with Crippen molar-refractivity contribution < 1.29 is 19.1 Å². The van der Waals surface area contributed by atoms with Crippen LogP contribution in [0.25, 0.3) is 0 Å². The highest BCUT2D eigenvalue weighted by molar-refractivity contribution is 5.81. The molecule has 1 aromatic rings. The Morgan fingerprint density at radius 1 is 1.44 bits per heavy atom. The van der Waals surface area contributed by atoms with E-state index in [0.717, 1.165) is 0 Å². The summed E-state index contributed by atoms with van der Waals surface area (Å²) in [4.78, 5) is 26.7. The third kappa shape index (κ3) is 2.59. The summed E-state index contributed by atoms with van der Waals surface area (Å²) in [7, 11) is 2.55. The molecule has 0 bridgehead atoms. The van der Waals surface area contributed by atoms with Gasteiger partial charge in [-0.05, 0) is 6.92 Å². The van der Waals surface area contributed by atoms with Crippen molar-refractivity contribution in [1.82, 2.24) is 9.55 Å². The Kier molecular flexibility index (Phi) is 4.04. The summed E-state index contributed by atoms with van der Waals surface area (Å²) >= 11 is 0. The number of methoxy groups -OCH3 is 2. The van der Waals surface area contributed by atoms with E-state index in [0.29, 0.717) is 5.82 Å². The van der Waals surface area contributed by atoms with Gasteiger partial charge in [0.05, 0.1) is 20.6 Å². The van der Waals surface area contributed by atoms with Gasteiger partial charge in [-0.25, -0.2) is 9.78 Å². The monoisotopic (exact) mass is 226 g/mol. The molecule has 1 atom stereocenters. The van der Waals surface area contributed by atoms with Gasteiger partial charge in [0, 0.05) is 12.4 Å². The molecule has 0 spiro atoms. The number of nitrogens with zero attached hydrogens (tertiary/aromatic N) is 2. The molecule has 0 saturated heterocycles. The quantitative estimate of drug-likeness (QED) is 0.698. The van der Waals surface area contributed by atoms with E-state index in [1.807, 2.05) is 0 Å². The lowest BCUT2D eigenvalue weighted by atomic mass is 10.2. The Morgan fingerprint density at radius 2 is 2.12 bits per heavy atom. The first-order valence-electron chi connectivity index (χ1n) is 4.74. The molecule has 6 nitrogen and oxygen atoms in total. The topological polar surface area (TPSA) is 70.4 Å². The lowest BCUT2D eigenvalue weighted by Gasteiger charge is -2.16. The number of aromatic nitrogens is 2. The molecule has 88 valence electrons. The van der Waals surface area contributed by atoms with E-state index in [1.54, 1.807) is 23.9 Å². The van der Waals surface area contributed by atoms with Gasteiger partial charge in [0.2, 0.25) is 0 Å². The van der Waals surface area contributed by atoms with Crippen molar-refractivity contribution >= 4 is 11.9 Å². The van der Waals surface area contributed by atoms with Crippen LogP contribution >= 0.6 is 0 Å². The van der Waals surface area contributed by atoms with Crippen LogP contribution in [0.15, 0.2) is 12.4 Å². The van der Waals surface area contributed by atoms with Crippen LogP contribution < -0.4 is 0 Å². The van der Waals surface area contributed by atoms with Crippen molar-refractivity contribution in [3.05, 3.63) is 18.2 Å². The van der Waals surface area contributed by atoms with Gasteiger partial charge in [-0.2, -0.15) is 0 Å². The van der Waals surface area contributed by atoms with E-state index >= 15 is 0 Å². The van der Waals surface area contributed by atoms with E-state index < -0.39 is 18.0 Å². The fourth-order valence-corrected chi connectivity index (χ4v) is 1.39. The summed E-state index contributed by atoms with van der Waals surface area (Å²) in [6, 6.07) is -0.722. The number of aryl methyl sites for hydroxylation is 1. The van der Waals surface area contributed by atoms with Crippen LogP contribution in [0.3, 0.4) is 0 Å². The zero-order valence-electron chi connectivity index (χ0n) is 9.47. The maximum atomic E-state index is 11.5. The van der Waals surface area contributed by atoms with Gasteiger partial charge in [0.1, 0.15) is 11.9 Å². The standard InChI is InChI=1S/C10H14N2O4/c1-7-11-4-5-12(7)8(10(14)16-3)6-9(13)15-2/h4-5,8H,6H2,1-3H3. The molecule has 6 heteroatoms. The predicted octanol–water partition coefficient (Wildman–Crippen LogP) is 0.469. The Labute approximate surface area is 93.2 Å². The molecule has 0 amide bonds. The second kappa shape index (κ2) is 5.29. The SMILES string of the molecule is COC(=O)CC(C(=O)OC)n1ccnc1C. The van der Waals surface area contributed by atoms with Crippen LogP contribution in [0, 0.1) is 6.92 Å². The Balaban J connectivity index is 2.92. The van der Waals surface area contributed by atoms with E-state index in [1.165, 1.54) is 14.2 Å². The molecule has 1 aromatic heterocycles. The number of ether oxygens (including phenoxy) is 2. The summed E-state index contributed by atoms with van der Waals surface area (Å²) < 4.78 is 10.8. The van der Waals surface area contributed by atoms with Gasteiger partial charge >= 0.3 is 11.9 Å². The van der Waals surface area contributed by atoms with Gasteiger partial charge in [-0.15, -0.1) is 0 Å². The Bertz CT molecular complexity index is 386. The van der Waals surface area contributed by atoms with E-state index in [4.69, 9.17) is 0 Å². The van der Waals surface area contributed by atoms with Crippen molar-refractivity contribution in [3.8, 4) is 0 Å². The molecular weight excluding hydrogens is 212 g/mol. The number of imidazole rings is 1. The Hall–Kier alpha value is -1.85. The second-order valence-electron chi connectivity index (χ2n) is 3.20. The minimum Gasteiger partial charge on any atom is -0.469 e. The lowest BCUT2D eigenvalue weighted by molar-refractivity contribution is -0.151. The van der Waals surface area contributed by atoms with Crippen molar-refractivity contribution in [2.75, 3.05) is 14.2 Å². The van der Waals surface area contributed by atoms with Gasteiger partial charge in [-0.1, -0.05) is 0 Å². The molecule has 1 unspecified atom stereocenters. The first-order chi connectivity index (χ1) is 7.60. The average molecular weight is 226 g/mol. The number of esters is 2. The van der Waals surface area contributed by atoms with Crippen LogP contribution in [0.4, 0.5) is 0 Å². The molecule has 0 radical (unpaired) electrons. The van der Waals surface area contributed by atoms with Crippen LogP contribution in [-0.2, 0) is 19.1 Å². The number of carbonyl (C=O) groups excluding carboxylic acids is 2. The smallest absolute Gasteiger partial charge is 0.329 e. The fourth-order valence-electron chi connectivity index (χ4n) is 1.39. The highest BCUT2D eigenvalue weighted by Crippen LogP contribution is 2.16. The van der Waals surface area contributed by atoms with Crippen molar-refractivity contribution in [1.29, 1.82) is 0 Å². The fraction of sp³-hybridized carbons (Fsp3) is 0.500. The van der Waals surface area contributed by atoms with E-state index in [2.05, 4.69) is 14.5 Å². The Morgan fingerprint density at radius 3 is 2.56 bits per heavy atom. The zero-order chi connectivity index (χ0) is 12.1. The molecule has 16 heavy (non-hydrogen) atoms. The molecule has 0 aliphatic carbocycles. The lowest BCUT2D eigenvalue weighted by Crippen LogP contribution is -2.24. The molecule has 0 aliphatic heterocycles. The normalized spacial score (nSPS) is 11.9. The van der Waals surface area contributed by atoms with Crippen molar-refractivity contribution in [2.24, 2.45) is 0 Å². The number of carbonyl (C=O) groups is 2. The molecular formula is C10H14N2O4. The second-order valence-corrected chi connectivity index (χ2v) is 3.20.